The van der Waals surface area contributed by atoms with E-state index in [-0.39, 0.29) is 16.5 Å². The number of nitrogens with one attached hydrogen (secondary N) is 1. The number of amides is 1. The number of hydrogen-bond donors (Lipinski definition) is 1. The third-order valence-electron chi connectivity index (χ3n) is 5.44. The largest absolute Gasteiger partial charge is 0.310 e. The minimum atomic E-state index is -4.25. The molecule has 0 saturated heterocycles. The number of halogens is 5. The van der Waals surface area contributed by atoms with Gasteiger partial charge in [0.05, 0.1) is 5.75 Å². The standard InChI is InChI=1S/C22H16ClF4N3O3S/c1-11-14(12-4-5-28-19(6-12)30-21(31)16-8-22(16,26)27)9-29-20(23)15(11)10-34(32,33)18-3-2-13(24)7-17(18)25/h2-7,9,16H,8,10H2,1H3,(H,28,30,31). The van der Waals surface area contributed by atoms with Crippen LogP contribution in [0.1, 0.15) is 17.5 Å². The van der Waals surface area contributed by atoms with Gasteiger partial charge in [0.2, 0.25) is 5.91 Å². The second-order valence-corrected chi connectivity index (χ2v) is 10.2. The fourth-order valence-corrected chi connectivity index (χ4v) is 5.30. The van der Waals surface area contributed by atoms with Crippen molar-refractivity contribution in [3.05, 3.63) is 70.6 Å². The number of benzene rings is 1. The summed E-state index contributed by atoms with van der Waals surface area (Å²) in [6.45, 7) is 1.58. The summed E-state index contributed by atoms with van der Waals surface area (Å²) < 4.78 is 79.2. The van der Waals surface area contributed by atoms with Gasteiger partial charge in [0.25, 0.3) is 5.92 Å². The van der Waals surface area contributed by atoms with Gasteiger partial charge < -0.3 is 5.32 Å². The highest BCUT2D eigenvalue weighted by atomic mass is 35.5. The van der Waals surface area contributed by atoms with Crippen LogP contribution in [0, 0.1) is 24.5 Å². The Balaban J connectivity index is 1.65. The second kappa shape index (κ2) is 8.62. The van der Waals surface area contributed by atoms with E-state index in [0.717, 1.165) is 12.1 Å². The molecule has 2 aromatic heterocycles. The Morgan fingerprint density at radius 3 is 2.56 bits per heavy atom. The molecular formula is C22H16ClF4N3O3S. The topological polar surface area (TPSA) is 89.0 Å². The lowest BCUT2D eigenvalue weighted by molar-refractivity contribution is -0.119. The van der Waals surface area contributed by atoms with Crippen LogP contribution in [-0.4, -0.2) is 30.2 Å². The van der Waals surface area contributed by atoms with Crippen LogP contribution in [0.4, 0.5) is 23.4 Å². The molecule has 12 heteroatoms. The maximum Gasteiger partial charge on any atom is 0.260 e. The minimum absolute atomic E-state index is 0.0297. The molecule has 1 saturated carbocycles. The lowest BCUT2D eigenvalue weighted by Crippen LogP contribution is -2.18. The number of hydrogen-bond acceptors (Lipinski definition) is 5. The number of rotatable bonds is 6. The molecule has 1 amide bonds. The van der Waals surface area contributed by atoms with Crippen LogP contribution < -0.4 is 5.32 Å². The number of carbonyl (C=O) groups is 1. The molecule has 6 nitrogen and oxygen atoms in total. The summed E-state index contributed by atoms with van der Waals surface area (Å²) in [5.74, 6) is -8.10. The Kier molecular flexibility index (Phi) is 6.11. The average molecular weight is 514 g/mol. The van der Waals surface area contributed by atoms with Gasteiger partial charge in [0.1, 0.15) is 33.4 Å². The SMILES string of the molecule is Cc1c(-c2ccnc(NC(=O)C3CC3(F)F)c2)cnc(Cl)c1CS(=O)(=O)c1ccc(F)cc1F. The molecule has 0 bridgehead atoms. The highest BCUT2D eigenvalue weighted by molar-refractivity contribution is 7.90. The maximum absolute atomic E-state index is 14.1. The van der Waals surface area contributed by atoms with Gasteiger partial charge in [-0.2, -0.15) is 0 Å². The normalized spacial score (nSPS) is 16.8. The maximum atomic E-state index is 14.1. The molecule has 34 heavy (non-hydrogen) atoms. The number of sulfone groups is 1. The van der Waals surface area contributed by atoms with Gasteiger partial charge in [0, 0.05) is 36.0 Å². The molecule has 178 valence electrons. The third kappa shape index (κ3) is 4.76. The number of aromatic nitrogens is 2. The smallest absolute Gasteiger partial charge is 0.260 e. The molecule has 4 rings (SSSR count). The van der Waals surface area contributed by atoms with E-state index in [0.29, 0.717) is 22.8 Å². The molecule has 1 unspecified atom stereocenters. The van der Waals surface area contributed by atoms with Crippen molar-refractivity contribution >= 4 is 33.2 Å². The van der Waals surface area contributed by atoms with Gasteiger partial charge in [-0.25, -0.2) is 35.9 Å². The van der Waals surface area contributed by atoms with Crippen molar-refractivity contribution in [3.8, 4) is 11.1 Å². The van der Waals surface area contributed by atoms with Crippen molar-refractivity contribution in [3.63, 3.8) is 0 Å². The Morgan fingerprint density at radius 1 is 1.21 bits per heavy atom. The predicted molar refractivity (Wildman–Crippen MR) is 116 cm³/mol. The summed E-state index contributed by atoms with van der Waals surface area (Å²) in [6, 6.07) is 5.12. The van der Waals surface area contributed by atoms with E-state index >= 15 is 0 Å². The van der Waals surface area contributed by atoms with Crippen LogP contribution in [0.15, 0.2) is 47.6 Å². The lowest BCUT2D eigenvalue weighted by Gasteiger charge is -2.14. The summed E-state index contributed by atoms with van der Waals surface area (Å²) in [5, 5.41) is 2.22. The van der Waals surface area contributed by atoms with E-state index in [2.05, 4.69) is 15.3 Å². The van der Waals surface area contributed by atoms with E-state index in [4.69, 9.17) is 11.6 Å². The first-order valence-corrected chi connectivity index (χ1v) is 11.9. The van der Waals surface area contributed by atoms with Crippen LogP contribution in [-0.2, 0) is 20.4 Å². The highest BCUT2D eigenvalue weighted by Gasteiger charge is 2.61. The molecule has 1 aromatic carbocycles. The van der Waals surface area contributed by atoms with Gasteiger partial charge >= 0.3 is 0 Å². The number of pyridine rings is 2. The fraction of sp³-hybridized carbons (Fsp3) is 0.227. The first-order valence-electron chi connectivity index (χ1n) is 9.86. The summed E-state index contributed by atoms with van der Waals surface area (Å²) in [6.07, 6.45) is 2.20. The first-order chi connectivity index (χ1) is 15.9. The van der Waals surface area contributed by atoms with Crippen molar-refractivity contribution in [1.29, 1.82) is 0 Å². The molecule has 0 spiro atoms. The summed E-state index contributed by atoms with van der Waals surface area (Å²) in [7, 11) is -4.25. The number of carbonyl (C=O) groups excluding carboxylic acids is 1. The third-order valence-corrected chi connectivity index (χ3v) is 7.44. The Hall–Kier alpha value is -3.05. The molecule has 0 aliphatic heterocycles. The molecule has 0 radical (unpaired) electrons. The van der Waals surface area contributed by atoms with E-state index < -0.39 is 56.3 Å². The fourth-order valence-electron chi connectivity index (χ4n) is 3.44. The van der Waals surface area contributed by atoms with Gasteiger partial charge in [-0.15, -0.1) is 0 Å². The molecule has 3 aromatic rings. The van der Waals surface area contributed by atoms with Crippen molar-refractivity contribution in [2.45, 2.75) is 29.9 Å². The molecule has 1 atom stereocenters. The average Bonchev–Trinajstić information content (AvgIpc) is 3.39. The molecule has 1 N–H and O–H groups in total. The second-order valence-electron chi connectivity index (χ2n) is 7.84. The number of alkyl halides is 2. The number of nitrogens with zero attached hydrogens (tertiary/aromatic N) is 2. The van der Waals surface area contributed by atoms with E-state index in [1.54, 1.807) is 13.0 Å². The van der Waals surface area contributed by atoms with E-state index in [1.165, 1.54) is 18.5 Å². The van der Waals surface area contributed by atoms with Crippen LogP contribution in [0.2, 0.25) is 5.15 Å². The van der Waals surface area contributed by atoms with Crippen LogP contribution in [0.5, 0.6) is 0 Å². The summed E-state index contributed by atoms with van der Waals surface area (Å²) in [5.41, 5.74) is 1.40. The van der Waals surface area contributed by atoms with Crippen LogP contribution >= 0.6 is 11.6 Å². The van der Waals surface area contributed by atoms with Gasteiger partial charge in [-0.3, -0.25) is 4.79 Å². The molecule has 1 aliphatic rings. The molecule has 1 fully saturated rings. The Morgan fingerprint density at radius 2 is 1.91 bits per heavy atom. The lowest BCUT2D eigenvalue weighted by atomic mass is 10.0. The van der Waals surface area contributed by atoms with Gasteiger partial charge in [-0.05, 0) is 42.3 Å². The quantitative estimate of drug-likeness (QED) is 0.286. The van der Waals surface area contributed by atoms with Crippen LogP contribution in [0.25, 0.3) is 11.1 Å². The Bertz CT molecular complexity index is 1420. The number of anilines is 1. The van der Waals surface area contributed by atoms with Gasteiger partial charge in [0.15, 0.2) is 9.84 Å². The zero-order chi connectivity index (χ0) is 24.8. The molecule has 2 heterocycles. The molecule has 1 aliphatic carbocycles. The van der Waals surface area contributed by atoms with E-state index in [9.17, 15) is 30.8 Å². The van der Waals surface area contributed by atoms with Crippen molar-refractivity contribution in [1.82, 2.24) is 9.97 Å². The predicted octanol–water partition coefficient (Wildman–Crippen LogP) is 4.95. The Labute approximate surface area is 196 Å². The van der Waals surface area contributed by atoms with Gasteiger partial charge in [-0.1, -0.05) is 11.6 Å². The minimum Gasteiger partial charge on any atom is -0.310 e. The van der Waals surface area contributed by atoms with Crippen molar-refractivity contribution < 1.29 is 30.8 Å². The zero-order valence-electron chi connectivity index (χ0n) is 17.5. The zero-order valence-corrected chi connectivity index (χ0v) is 19.0. The molecular weight excluding hydrogens is 498 g/mol. The van der Waals surface area contributed by atoms with Crippen molar-refractivity contribution in [2.75, 3.05) is 5.32 Å². The monoisotopic (exact) mass is 513 g/mol. The van der Waals surface area contributed by atoms with E-state index in [1.807, 2.05) is 0 Å². The first kappa shape index (κ1) is 24.1. The summed E-state index contributed by atoms with van der Waals surface area (Å²) in [4.78, 5) is 19.3. The van der Waals surface area contributed by atoms with Crippen LogP contribution in [0.3, 0.4) is 0 Å². The van der Waals surface area contributed by atoms with Crippen molar-refractivity contribution in [2.24, 2.45) is 5.92 Å². The summed E-state index contributed by atoms with van der Waals surface area (Å²) >= 11 is 6.15. The highest BCUT2D eigenvalue weighted by Crippen LogP contribution is 2.49.